The zero-order valence-electron chi connectivity index (χ0n) is 11.7. The molecule has 7 nitrogen and oxygen atoms in total. The number of carboxylic acids is 1. The van der Waals surface area contributed by atoms with Crippen molar-refractivity contribution in [1.82, 2.24) is 20.1 Å². The molecule has 1 aromatic rings. The fourth-order valence-electron chi connectivity index (χ4n) is 1.52. The van der Waals surface area contributed by atoms with Gasteiger partial charge in [-0.2, -0.15) is 0 Å². The lowest BCUT2D eigenvalue weighted by molar-refractivity contribution is -0.137. The number of aromatic nitrogens is 3. The second kappa shape index (κ2) is 5.81. The summed E-state index contributed by atoms with van der Waals surface area (Å²) < 4.78 is 0. The van der Waals surface area contributed by atoms with Gasteiger partial charge in [-0.1, -0.05) is 27.7 Å². The van der Waals surface area contributed by atoms with Crippen LogP contribution >= 0.6 is 0 Å². The molecule has 1 rings (SSSR count). The van der Waals surface area contributed by atoms with Crippen molar-refractivity contribution in [3.05, 3.63) is 11.6 Å². The highest BCUT2D eigenvalue weighted by atomic mass is 16.4. The van der Waals surface area contributed by atoms with Crippen molar-refractivity contribution in [1.29, 1.82) is 0 Å². The van der Waals surface area contributed by atoms with Crippen molar-refractivity contribution in [2.45, 2.75) is 39.5 Å². The van der Waals surface area contributed by atoms with Gasteiger partial charge in [-0.25, -0.2) is 4.98 Å². The summed E-state index contributed by atoms with van der Waals surface area (Å²) in [5.41, 5.74) is -0.242. The summed E-state index contributed by atoms with van der Waals surface area (Å²) in [6.07, 6.45) is 0.676. The molecule has 1 aromatic heterocycles. The molecule has 0 unspecified atom stereocenters. The monoisotopic (exact) mass is 268 g/mol. The molecule has 2 N–H and O–H groups in total. The summed E-state index contributed by atoms with van der Waals surface area (Å²) in [5.74, 6) is -0.897. The van der Waals surface area contributed by atoms with Crippen molar-refractivity contribution in [2.75, 3.05) is 13.1 Å². The van der Waals surface area contributed by atoms with E-state index in [0.29, 0.717) is 18.8 Å². The zero-order valence-corrected chi connectivity index (χ0v) is 11.7. The number of aromatic amines is 1. The first-order chi connectivity index (χ1) is 8.75. The second-order valence-corrected chi connectivity index (χ2v) is 5.38. The summed E-state index contributed by atoms with van der Waals surface area (Å²) in [6.45, 7) is 7.74. The molecular weight excluding hydrogens is 248 g/mol. The van der Waals surface area contributed by atoms with E-state index in [1.807, 2.05) is 27.7 Å². The molecule has 0 fully saturated rings. The number of hydrogen-bond acceptors (Lipinski definition) is 4. The molecule has 0 saturated heterocycles. The predicted molar refractivity (Wildman–Crippen MR) is 68.9 cm³/mol. The van der Waals surface area contributed by atoms with Crippen LogP contribution in [-0.2, 0) is 10.2 Å². The van der Waals surface area contributed by atoms with Crippen LogP contribution in [0.2, 0.25) is 0 Å². The third kappa shape index (κ3) is 4.04. The minimum absolute atomic E-state index is 0.0135. The normalized spacial score (nSPS) is 11.4. The second-order valence-electron chi connectivity index (χ2n) is 5.38. The smallest absolute Gasteiger partial charge is 0.323 e. The Hall–Kier alpha value is -1.92. The molecule has 0 aliphatic rings. The van der Waals surface area contributed by atoms with Crippen LogP contribution < -0.4 is 0 Å². The van der Waals surface area contributed by atoms with Crippen LogP contribution in [0.3, 0.4) is 0 Å². The van der Waals surface area contributed by atoms with Crippen molar-refractivity contribution in [3.63, 3.8) is 0 Å². The highest BCUT2D eigenvalue weighted by Gasteiger charge is 2.25. The highest BCUT2D eigenvalue weighted by molar-refractivity contribution is 5.92. The maximum atomic E-state index is 12.1. The van der Waals surface area contributed by atoms with Gasteiger partial charge in [0.25, 0.3) is 5.91 Å². The average Bonchev–Trinajstić information content (AvgIpc) is 2.75. The largest absolute Gasteiger partial charge is 0.480 e. The van der Waals surface area contributed by atoms with Gasteiger partial charge >= 0.3 is 5.97 Å². The molecule has 106 valence electrons. The lowest BCUT2D eigenvalue weighted by atomic mass is 9.96. The maximum absolute atomic E-state index is 12.1. The van der Waals surface area contributed by atoms with Gasteiger partial charge in [0.2, 0.25) is 5.82 Å². The van der Waals surface area contributed by atoms with E-state index in [2.05, 4.69) is 15.2 Å². The lowest BCUT2D eigenvalue weighted by Gasteiger charge is -2.18. The Morgan fingerprint density at radius 2 is 2.00 bits per heavy atom. The first kappa shape index (κ1) is 15.1. The van der Waals surface area contributed by atoms with E-state index in [1.54, 1.807) is 0 Å². The molecular formula is C12H20N4O3. The molecule has 7 heteroatoms. The Morgan fingerprint density at radius 3 is 2.42 bits per heavy atom. The fourth-order valence-corrected chi connectivity index (χ4v) is 1.52. The van der Waals surface area contributed by atoms with Gasteiger partial charge in [0.05, 0.1) is 0 Å². The van der Waals surface area contributed by atoms with E-state index in [9.17, 15) is 9.59 Å². The third-order valence-corrected chi connectivity index (χ3v) is 2.49. The van der Waals surface area contributed by atoms with Gasteiger partial charge in [0.1, 0.15) is 12.4 Å². The number of amides is 1. The standard InChI is InChI=1S/C12H20N4O3/c1-5-6-16(7-8(17)18)10(19)9-13-11(15-14-9)12(2,3)4/h5-7H2,1-4H3,(H,17,18)(H,13,14,15). The molecule has 0 spiro atoms. The average molecular weight is 268 g/mol. The van der Waals surface area contributed by atoms with Crippen molar-refractivity contribution in [3.8, 4) is 0 Å². The van der Waals surface area contributed by atoms with Crippen LogP contribution in [0, 0.1) is 0 Å². The van der Waals surface area contributed by atoms with Crippen molar-refractivity contribution in [2.24, 2.45) is 0 Å². The van der Waals surface area contributed by atoms with E-state index in [4.69, 9.17) is 5.11 Å². The molecule has 0 saturated carbocycles. The Labute approximate surface area is 112 Å². The molecule has 0 aliphatic carbocycles. The van der Waals surface area contributed by atoms with E-state index in [-0.39, 0.29) is 17.8 Å². The highest BCUT2D eigenvalue weighted by Crippen LogP contribution is 2.17. The quantitative estimate of drug-likeness (QED) is 0.831. The van der Waals surface area contributed by atoms with E-state index in [1.165, 1.54) is 4.90 Å². The third-order valence-electron chi connectivity index (χ3n) is 2.49. The van der Waals surface area contributed by atoms with Crippen LogP contribution in [0.25, 0.3) is 0 Å². The van der Waals surface area contributed by atoms with E-state index >= 15 is 0 Å². The number of H-pyrrole nitrogens is 1. The number of nitrogens with one attached hydrogen (secondary N) is 1. The molecule has 0 radical (unpaired) electrons. The van der Waals surface area contributed by atoms with Gasteiger partial charge in [-0.05, 0) is 6.42 Å². The summed E-state index contributed by atoms with van der Waals surface area (Å²) in [4.78, 5) is 28.2. The molecule has 19 heavy (non-hydrogen) atoms. The van der Waals surface area contributed by atoms with Crippen LogP contribution in [0.4, 0.5) is 0 Å². The van der Waals surface area contributed by atoms with Gasteiger partial charge in [0.15, 0.2) is 0 Å². The maximum Gasteiger partial charge on any atom is 0.323 e. The molecule has 1 heterocycles. The van der Waals surface area contributed by atoms with Crippen LogP contribution in [0.5, 0.6) is 0 Å². The Balaban J connectivity index is 2.90. The van der Waals surface area contributed by atoms with Crippen molar-refractivity contribution >= 4 is 11.9 Å². The number of carboxylic acid groups (broad SMARTS) is 1. The summed E-state index contributed by atoms with van der Waals surface area (Å²) in [6, 6.07) is 0. The minimum Gasteiger partial charge on any atom is -0.480 e. The van der Waals surface area contributed by atoms with Gasteiger partial charge in [-0.15, -0.1) is 5.10 Å². The SMILES string of the molecule is CCCN(CC(=O)O)C(=O)c1n[nH]c(C(C)(C)C)n1. The van der Waals surface area contributed by atoms with Crippen molar-refractivity contribution < 1.29 is 14.7 Å². The van der Waals surface area contributed by atoms with Gasteiger partial charge < -0.3 is 10.0 Å². The van der Waals surface area contributed by atoms with E-state index in [0.717, 1.165) is 0 Å². The van der Waals surface area contributed by atoms with Crippen LogP contribution in [-0.4, -0.2) is 50.2 Å². The molecule has 0 bridgehead atoms. The molecule has 0 aliphatic heterocycles. The number of rotatable bonds is 5. The Bertz CT molecular complexity index is 462. The summed E-state index contributed by atoms with van der Waals surface area (Å²) >= 11 is 0. The summed E-state index contributed by atoms with van der Waals surface area (Å²) in [5, 5.41) is 15.4. The first-order valence-corrected chi connectivity index (χ1v) is 6.19. The molecule has 1 amide bonds. The molecule has 0 atom stereocenters. The predicted octanol–water partition coefficient (Wildman–Crippen LogP) is 1.04. The number of nitrogens with zero attached hydrogens (tertiary/aromatic N) is 3. The lowest BCUT2D eigenvalue weighted by Crippen LogP contribution is -2.36. The van der Waals surface area contributed by atoms with Crippen LogP contribution in [0.15, 0.2) is 0 Å². The van der Waals surface area contributed by atoms with Gasteiger partial charge in [0, 0.05) is 12.0 Å². The number of aliphatic carboxylic acids is 1. The minimum atomic E-state index is -1.05. The zero-order chi connectivity index (χ0) is 14.6. The Morgan fingerprint density at radius 1 is 1.37 bits per heavy atom. The number of hydrogen-bond donors (Lipinski definition) is 2. The fraction of sp³-hybridized carbons (Fsp3) is 0.667. The summed E-state index contributed by atoms with van der Waals surface area (Å²) in [7, 11) is 0. The number of carbonyl (C=O) groups excluding carboxylic acids is 1. The molecule has 0 aromatic carbocycles. The topological polar surface area (TPSA) is 99.2 Å². The van der Waals surface area contributed by atoms with Crippen LogP contribution in [0.1, 0.15) is 50.6 Å². The Kier molecular flexibility index (Phi) is 4.63. The van der Waals surface area contributed by atoms with E-state index < -0.39 is 11.9 Å². The number of carbonyl (C=O) groups is 2. The van der Waals surface area contributed by atoms with Gasteiger partial charge in [-0.3, -0.25) is 14.7 Å². The first-order valence-electron chi connectivity index (χ1n) is 6.19.